The van der Waals surface area contributed by atoms with Gasteiger partial charge in [-0.2, -0.15) is 0 Å². The van der Waals surface area contributed by atoms with Gasteiger partial charge in [0, 0.05) is 6.04 Å². The van der Waals surface area contributed by atoms with Gasteiger partial charge in [-0.3, -0.25) is 4.90 Å². The predicted molar refractivity (Wildman–Crippen MR) is 39.1 cm³/mol. The lowest BCUT2D eigenvalue weighted by atomic mass is 10.5. The summed E-state index contributed by atoms with van der Waals surface area (Å²) in [6, 6.07) is 0.667. The minimum atomic E-state index is 0.286. The van der Waals surface area contributed by atoms with Gasteiger partial charge in [0.15, 0.2) is 5.84 Å². The third-order valence-electron chi connectivity index (χ3n) is 1.71. The first-order chi connectivity index (χ1) is 4.74. The highest BCUT2D eigenvalue weighted by Crippen LogP contribution is 2.24. The number of hydrogen-bond donors (Lipinski definition) is 2. The molecule has 0 unspecified atom stereocenters. The van der Waals surface area contributed by atoms with Gasteiger partial charge in [0.2, 0.25) is 0 Å². The highest BCUT2D eigenvalue weighted by molar-refractivity contribution is 5.81. The molecule has 0 spiro atoms. The number of hydrogen-bond acceptors (Lipinski definition) is 3. The molecule has 3 N–H and O–H groups in total. The van der Waals surface area contributed by atoms with Crippen molar-refractivity contribution >= 4 is 5.84 Å². The number of likely N-dealkylation sites (N-methyl/N-ethyl adjacent to an activating group) is 1. The third kappa shape index (κ3) is 1.88. The normalized spacial score (nSPS) is 20.0. The Morgan fingerprint density at radius 3 is 2.80 bits per heavy atom. The molecule has 0 amide bonds. The maximum atomic E-state index is 8.22. The van der Waals surface area contributed by atoms with Crippen LogP contribution in [0.25, 0.3) is 0 Å². The summed E-state index contributed by atoms with van der Waals surface area (Å²) in [4.78, 5) is 2.09. The first kappa shape index (κ1) is 7.34. The molecule has 58 valence electrons. The Bertz CT molecular complexity index is 142. The minimum absolute atomic E-state index is 0.286. The second-order valence-electron chi connectivity index (χ2n) is 2.74. The van der Waals surface area contributed by atoms with Crippen molar-refractivity contribution in [1.82, 2.24) is 4.90 Å². The van der Waals surface area contributed by atoms with Gasteiger partial charge in [-0.15, -0.1) is 0 Å². The van der Waals surface area contributed by atoms with Crippen LogP contribution < -0.4 is 5.73 Å². The molecule has 0 heterocycles. The van der Waals surface area contributed by atoms with Crippen LogP contribution in [-0.2, 0) is 0 Å². The molecule has 0 bridgehead atoms. The maximum Gasteiger partial charge on any atom is 0.153 e. The van der Waals surface area contributed by atoms with E-state index in [1.165, 1.54) is 12.8 Å². The van der Waals surface area contributed by atoms with Gasteiger partial charge in [-0.1, -0.05) is 5.16 Å². The fraction of sp³-hybridized carbons (Fsp3) is 0.833. The first-order valence-corrected chi connectivity index (χ1v) is 3.40. The van der Waals surface area contributed by atoms with Crippen molar-refractivity contribution in [1.29, 1.82) is 0 Å². The smallest absolute Gasteiger partial charge is 0.153 e. The van der Waals surface area contributed by atoms with Crippen molar-refractivity contribution < 1.29 is 5.21 Å². The molecule has 4 nitrogen and oxygen atoms in total. The molecule has 0 atom stereocenters. The molecule has 0 aromatic heterocycles. The van der Waals surface area contributed by atoms with E-state index in [1.54, 1.807) is 0 Å². The third-order valence-corrected chi connectivity index (χ3v) is 1.71. The lowest BCUT2D eigenvalue weighted by molar-refractivity contribution is 0.308. The van der Waals surface area contributed by atoms with E-state index in [0.717, 1.165) is 0 Å². The van der Waals surface area contributed by atoms with Gasteiger partial charge < -0.3 is 10.9 Å². The molecule has 1 rings (SSSR count). The van der Waals surface area contributed by atoms with Crippen molar-refractivity contribution in [2.75, 3.05) is 13.6 Å². The average Bonchev–Trinajstić information content (AvgIpc) is 2.68. The van der Waals surface area contributed by atoms with Crippen molar-refractivity contribution in [3.05, 3.63) is 0 Å². The zero-order valence-electron chi connectivity index (χ0n) is 6.12. The molecule has 1 saturated carbocycles. The first-order valence-electron chi connectivity index (χ1n) is 3.40. The molecule has 0 radical (unpaired) electrons. The summed E-state index contributed by atoms with van der Waals surface area (Å²) in [6.07, 6.45) is 2.49. The van der Waals surface area contributed by atoms with Crippen LogP contribution in [-0.4, -0.2) is 35.6 Å². The summed E-state index contributed by atoms with van der Waals surface area (Å²) in [6.45, 7) is 0.571. The van der Waals surface area contributed by atoms with E-state index < -0.39 is 0 Å². The van der Waals surface area contributed by atoms with Crippen molar-refractivity contribution in [3.8, 4) is 0 Å². The fourth-order valence-corrected chi connectivity index (χ4v) is 0.932. The second-order valence-corrected chi connectivity index (χ2v) is 2.74. The summed E-state index contributed by atoms with van der Waals surface area (Å²) in [5.41, 5.74) is 5.30. The van der Waals surface area contributed by atoms with E-state index in [4.69, 9.17) is 10.9 Å². The van der Waals surface area contributed by atoms with Crippen molar-refractivity contribution in [2.24, 2.45) is 10.9 Å². The highest BCUT2D eigenvalue weighted by atomic mass is 16.4. The van der Waals surface area contributed by atoms with E-state index in [2.05, 4.69) is 10.1 Å². The number of nitrogens with zero attached hydrogens (tertiary/aromatic N) is 2. The van der Waals surface area contributed by atoms with Crippen LogP contribution in [0.1, 0.15) is 12.8 Å². The Balaban J connectivity index is 2.22. The zero-order valence-corrected chi connectivity index (χ0v) is 6.12. The van der Waals surface area contributed by atoms with Crippen LogP contribution in [0.5, 0.6) is 0 Å². The summed E-state index contributed by atoms with van der Waals surface area (Å²) >= 11 is 0. The molecule has 0 aromatic carbocycles. The van der Waals surface area contributed by atoms with Crippen LogP contribution in [0.2, 0.25) is 0 Å². The number of amidine groups is 1. The van der Waals surface area contributed by atoms with Crippen LogP contribution in [0.15, 0.2) is 5.16 Å². The number of oxime groups is 1. The van der Waals surface area contributed by atoms with Gasteiger partial charge >= 0.3 is 0 Å². The average molecular weight is 143 g/mol. The van der Waals surface area contributed by atoms with Gasteiger partial charge in [-0.05, 0) is 19.9 Å². The number of rotatable bonds is 3. The SMILES string of the molecule is CN(C/C(N)=N/O)C1CC1. The van der Waals surface area contributed by atoms with Gasteiger partial charge in [0.05, 0.1) is 6.54 Å². The molecule has 1 fully saturated rings. The Morgan fingerprint density at radius 2 is 2.40 bits per heavy atom. The highest BCUT2D eigenvalue weighted by Gasteiger charge is 2.26. The van der Waals surface area contributed by atoms with Gasteiger partial charge in [0.25, 0.3) is 0 Å². The Kier molecular flexibility index (Phi) is 2.11. The quantitative estimate of drug-likeness (QED) is 0.249. The molecule has 1 aliphatic carbocycles. The van der Waals surface area contributed by atoms with E-state index >= 15 is 0 Å². The summed E-state index contributed by atoms with van der Waals surface area (Å²) in [5.74, 6) is 0.286. The Labute approximate surface area is 60.3 Å². The lowest BCUT2D eigenvalue weighted by Gasteiger charge is -2.13. The molecule has 4 heteroatoms. The van der Waals surface area contributed by atoms with Gasteiger partial charge in [0.1, 0.15) is 0 Å². The van der Waals surface area contributed by atoms with E-state index in [-0.39, 0.29) is 5.84 Å². The summed E-state index contributed by atoms with van der Waals surface area (Å²) in [5, 5.41) is 11.1. The minimum Gasteiger partial charge on any atom is -0.409 e. The number of nitrogens with two attached hydrogens (primary N) is 1. The Hall–Kier alpha value is -0.770. The molecule has 10 heavy (non-hydrogen) atoms. The summed E-state index contributed by atoms with van der Waals surface area (Å²) in [7, 11) is 1.98. The summed E-state index contributed by atoms with van der Waals surface area (Å²) < 4.78 is 0. The zero-order chi connectivity index (χ0) is 7.56. The van der Waals surface area contributed by atoms with Gasteiger partial charge in [-0.25, -0.2) is 0 Å². The van der Waals surface area contributed by atoms with Crippen molar-refractivity contribution in [2.45, 2.75) is 18.9 Å². The van der Waals surface area contributed by atoms with E-state index in [1.807, 2.05) is 7.05 Å². The molecular weight excluding hydrogens is 130 g/mol. The van der Waals surface area contributed by atoms with Crippen LogP contribution in [0.3, 0.4) is 0 Å². The maximum absolute atomic E-state index is 8.22. The van der Waals surface area contributed by atoms with Crippen LogP contribution in [0.4, 0.5) is 0 Å². The molecule has 1 aliphatic rings. The van der Waals surface area contributed by atoms with Crippen molar-refractivity contribution in [3.63, 3.8) is 0 Å². The van der Waals surface area contributed by atoms with E-state index in [0.29, 0.717) is 12.6 Å². The molecular formula is C6H13N3O. The molecule has 0 saturated heterocycles. The predicted octanol–water partition coefficient (Wildman–Crippen LogP) is -0.173. The van der Waals surface area contributed by atoms with Crippen LogP contribution in [0, 0.1) is 0 Å². The monoisotopic (exact) mass is 143 g/mol. The van der Waals surface area contributed by atoms with E-state index in [9.17, 15) is 0 Å². The molecule has 0 aromatic rings. The standard InChI is InChI=1S/C6H13N3O/c1-9(5-2-3-5)4-6(7)8-10/h5,10H,2-4H2,1H3,(H2,7,8). The second kappa shape index (κ2) is 2.88. The fourth-order valence-electron chi connectivity index (χ4n) is 0.932. The Morgan fingerprint density at radius 1 is 1.80 bits per heavy atom. The topological polar surface area (TPSA) is 61.8 Å². The molecule has 0 aliphatic heterocycles. The van der Waals surface area contributed by atoms with Crippen LogP contribution >= 0.6 is 0 Å². The largest absolute Gasteiger partial charge is 0.409 e. The lowest BCUT2D eigenvalue weighted by Crippen LogP contribution is -2.32.